The third-order valence-corrected chi connectivity index (χ3v) is 5.21. The maximum Gasteiger partial charge on any atom is 0.220 e. The molecular weight excluding hydrogens is 354 g/mol. The van der Waals surface area contributed by atoms with E-state index in [1.807, 2.05) is 24.3 Å². The number of hydrogen-bond donors (Lipinski definition) is 1. The van der Waals surface area contributed by atoms with Crippen molar-refractivity contribution < 1.29 is 4.79 Å². The van der Waals surface area contributed by atoms with E-state index in [2.05, 4.69) is 34.4 Å². The highest BCUT2D eigenvalue weighted by Gasteiger charge is 2.08. The lowest BCUT2D eigenvalue weighted by Crippen LogP contribution is -2.23. The monoisotopic (exact) mass is 379 g/mol. The summed E-state index contributed by atoms with van der Waals surface area (Å²) in [5, 5.41) is 6.75. The van der Waals surface area contributed by atoms with Crippen LogP contribution in [0.1, 0.15) is 43.0 Å². The Bertz CT molecular complexity index is 670. The zero-order valence-electron chi connectivity index (χ0n) is 14.9. The molecule has 1 aromatic heterocycles. The van der Waals surface area contributed by atoms with Crippen molar-refractivity contribution in [2.75, 3.05) is 13.1 Å². The quantitative estimate of drug-likeness (QED) is 0.670. The van der Waals surface area contributed by atoms with Gasteiger partial charge < -0.3 is 5.32 Å². The number of amides is 1. The lowest BCUT2D eigenvalue weighted by molar-refractivity contribution is -0.121. The van der Waals surface area contributed by atoms with Crippen molar-refractivity contribution in [1.82, 2.24) is 15.2 Å². The van der Waals surface area contributed by atoms with Crippen LogP contribution in [0.25, 0.3) is 0 Å². The smallest absolute Gasteiger partial charge is 0.220 e. The number of carbonyl (C=O) groups excluding carboxylic acids is 1. The second-order valence-electron chi connectivity index (χ2n) is 5.95. The number of aryl methyl sites for hydroxylation is 1. The molecule has 0 atom stereocenters. The molecule has 0 unspecified atom stereocenters. The average molecular weight is 380 g/mol. The molecule has 1 aromatic carbocycles. The molecule has 0 fully saturated rings. The SMILES string of the molecule is CCN(CC)Cc1csc(CNC(=O)CCCc2cccc(Cl)c2)n1. The summed E-state index contributed by atoms with van der Waals surface area (Å²) in [5.41, 5.74) is 2.25. The number of carbonyl (C=O) groups is 1. The molecule has 6 heteroatoms. The van der Waals surface area contributed by atoms with Crippen LogP contribution in [0.15, 0.2) is 29.6 Å². The summed E-state index contributed by atoms with van der Waals surface area (Å²) in [6.07, 6.45) is 2.20. The molecule has 0 aliphatic carbocycles. The van der Waals surface area contributed by atoms with E-state index >= 15 is 0 Å². The second kappa shape index (κ2) is 10.5. The Morgan fingerprint density at radius 1 is 1.32 bits per heavy atom. The van der Waals surface area contributed by atoms with Gasteiger partial charge in [-0.1, -0.05) is 37.6 Å². The normalized spacial score (nSPS) is 11.0. The Morgan fingerprint density at radius 3 is 2.84 bits per heavy atom. The molecule has 0 radical (unpaired) electrons. The number of halogens is 1. The van der Waals surface area contributed by atoms with Gasteiger partial charge >= 0.3 is 0 Å². The van der Waals surface area contributed by atoms with Gasteiger partial charge in [0.1, 0.15) is 5.01 Å². The second-order valence-corrected chi connectivity index (χ2v) is 7.33. The first-order valence-electron chi connectivity index (χ1n) is 8.77. The molecule has 1 N–H and O–H groups in total. The van der Waals surface area contributed by atoms with E-state index in [-0.39, 0.29) is 5.91 Å². The summed E-state index contributed by atoms with van der Waals surface area (Å²) in [5.74, 6) is 0.0718. The highest BCUT2D eigenvalue weighted by Crippen LogP contribution is 2.14. The maximum atomic E-state index is 12.0. The number of nitrogens with one attached hydrogen (secondary N) is 1. The third kappa shape index (κ3) is 7.14. The van der Waals surface area contributed by atoms with Crippen LogP contribution in [0.2, 0.25) is 5.02 Å². The summed E-state index contributed by atoms with van der Waals surface area (Å²) in [6.45, 7) is 7.73. The van der Waals surface area contributed by atoms with Crippen molar-refractivity contribution >= 4 is 28.8 Å². The van der Waals surface area contributed by atoms with Crippen LogP contribution in [0.3, 0.4) is 0 Å². The first-order chi connectivity index (χ1) is 12.1. The zero-order chi connectivity index (χ0) is 18.1. The lowest BCUT2D eigenvalue weighted by atomic mass is 10.1. The van der Waals surface area contributed by atoms with Gasteiger partial charge in [-0.3, -0.25) is 9.69 Å². The Kier molecular flexibility index (Phi) is 8.38. The average Bonchev–Trinajstić information content (AvgIpc) is 3.05. The van der Waals surface area contributed by atoms with E-state index in [1.54, 1.807) is 11.3 Å². The fourth-order valence-corrected chi connectivity index (χ4v) is 3.52. The summed E-state index contributed by atoms with van der Waals surface area (Å²) in [4.78, 5) is 18.9. The molecule has 1 amide bonds. The summed E-state index contributed by atoms with van der Waals surface area (Å²) < 4.78 is 0. The topological polar surface area (TPSA) is 45.2 Å². The minimum Gasteiger partial charge on any atom is -0.350 e. The van der Waals surface area contributed by atoms with Crippen LogP contribution >= 0.6 is 22.9 Å². The molecule has 2 aromatic rings. The van der Waals surface area contributed by atoms with Gasteiger partial charge in [-0.15, -0.1) is 11.3 Å². The molecule has 0 spiro atoms. The molecule has 0 saturated heterocycles. The van der Waals surface area contributed by atoms with Crippen molar-refractivity contribution in [2.45, 2.75) is 46.2 Å². The number of nitrogens with zero attached hydrogens (tertiary/aromatic N) is 2. The fraction of sp³-hybridized carbons (Fsp3) is 0.474. The van der Waals surface area contributed by atoms with Gasteiger partial charge in [0.25, 0.3) is 0 Å². The van der Waals surface area contributed by atoms with Gasteiger partial charge in [-0.25, -0.2) is 4.98 Å². The highest BCUT2D eigenvalue weighted by molar-refractivity contribution is 7.09. The minimum atomic E-state index is 0.0718. The zero-order valence-corrected chi connectivity index (χ0v) is 16.5. The number of rotatable bonds is 10. The Labute approximate surface area is 159 Å². The molecule has 4 nitrogen and oxygen atoms in total. The third-order valence-electron chi connectivity index (χ3n) is 4.07. The van der Waals surface area contributed by atoms with Crippen LogP contribution in [-0.4, -0.2) is 28.9 Å². The molecule has 136 valence electrons. The molecule has 1 heterocycles. The van der Waals surface area contributed by atoms with E-state index in [4.69, 9.17) is 11.6 Å². The van der Waals surface area contributed by atoms with Gasteiger partial charge in [-0.2, -0.15) is 0 Å². The van der Waals surface area contributed by atoms with Crippen molar-refractivity contribution in [3.8, 4) is 0 Å². The predicted octanol–water partition coefficient (Wildman–Crippen LogP) is 4.28. The minimum absolute atomic E-state index is 0.0718. The van der Waals surface area contributed by atoms with E-state index < -0.39 is 0 Å². The van der Waals surface area contributed by atoms with Crippen LogP contribution in [-0.2, 0) is 24.3 Å². The van der Waals surface area contributed by atoms with Crippen LogP contribution in [0.4, 0.5) is 0 Å². The molecule has 0 saturated carbocycles. The van der Waals surface area contributed by atoms with Crippen LogP contribution in [0.5, 0.6) is 0 Å². The van der Waals surface area contributed by atoms with Crippen LogP contribution in [0, 0.1) is 0 Å². The number of hydrogen-bond acceptors (Lipinski definition) is 4. The van der Waals surface area contributed by atoms with Gasteiger partial charge in [0.2, 0.25) is 5.91 Å². The van der Waals surface area contributed by atoms with Gasteiger partial charge in [0, 0.05) is 23.4 Å². The van der Waals surface area contributed by atoms with Crippen molar-refractivity contribution in [3.63, 3.8) is 0 Å². The van der Waals surface area contributed by atoms with Crippen molar-refractivity contribution in [1.29, 1.82) is 0 Å². The van der Waals surface area contributed by atoms with Gasteiger partial charge in [-0.05, 0) is 43.6 Å². The summed E-state index contributed by atoms with van der Waals surface area (Å²) >= 11 is 7.58. The number of benzene rings is 1. The lowest BCUT2D eigenvalue weighted by Gasteiger charge is -2.15. The maximum absolute atomic E-state index is 12.0. The molecule has 0 bridgehead atoms. The largest absolute Gasteiger partial charge is 0.350 e. The Balaban J connectivity index is 1.68. The van der Waals surface area contributed by atoms with E-state index in [9.17, 15) is 4.79 Å². The summed E-state index contributed by atoms with van der Waals surface area (Å²) in [6, 6.07) is 7.79. The van der Waals surface area contributed by atoms with E-state index in [0.717, 1.165) is 48.2 Å². The number of thiazole rings is 1. The number of aromatic nitrogens is 1. The predicted molar refractivity (Wildman–Crippen MR) is 105 cm³/mol. The molecular formula is C19H26ClN3OS. The molecule has 25 heavy (non-hydrogen) atoms. The molecule has 0 aliphatic rings. The first kappa shape index (κ1) is 19.9. The van der Waals surface area contributed by atoms with E-state index in [0.29, 0.717) is 13.0 Å². The van der Waals surface area contributed by atoms with Crippen molar-refractivity contribution in [2.24, 2.45) is 0 Å². The van der Waals surface area contributed by atoms with Gasteiger partial charge in [0.15, 0.2) is 0 Å². The fourth-order valence-electron chi connectivity index (χ4n) is 2.59. The van der Waals surface area contributed by atoms with Crippen LogP contribution < -0.4 is 5.32 Å². The standard InChI is InChI=1S/C19H26ClN3OS/c1-3-23(4-2)13-17-14-25-19(22-17)12-21-18(24)10-6-8-15-7-5-9-16(20)11-15/h5,7,9,11,14H,3-4,6,8,10,12-13H2,1-2H3,(H,21,24). The summed E-state index contributed by atoms with van der Waals surface area (Å²) in [7, 11) is 0. The first-order valence-corrected chi connectivity index (χ1v) is 10.0. The van der Waals surface area contributed by atoms with E-state index in [1.165, 1.54) is 5.56 Å². The Hall–Kier alpha value is -1.43. The highest BCUT2D eigenvalue weighted by atomic mass is 35.5. The van der Waals surface area contributed by atoms with Crippen molar-refractivity contribution in [3.05, 3.63) is 50.9 Å². The van der Waals surface area contributed by atoms with Gasteiger partial charge in [0.05, 0.1) is 12.2 Å². The Morgan fingerprint density at radius 2 is 2.12 bits per heavy atom. The molecule has 0 aliphatic heterocycles. The molecule has 2 rings (SSSR count).